The molecule has 8 nitrogen and oxygen atoms in total. The summed E-state index contributed by atoms with van der Waals surface area (Å²) in [6, 6.07) is 4.31. The summed E-state index contributed by atoms with van der Waals surface area (Å²) in [4.78, 5) is 24.4. The summed E-state index contributed by atoms with van der Waals surface area (Å²) in [7, 11) is 1.61. The number of rotatable bonds is 4. The van der Waals surface area contributed by atoms with Crippen LogP contribution in [0.4, 0.5) is 31.9 Å². The van der Waals surface area contributed by atoms with E-state index < -0.39 is 24.1 Å². The zero-order chi connectivity index (χ0) is 26.6. The third-order valence-corrected chi connectivity index (χ3v) is 8.18. The molecule has 0 amide bonds. The highest BCUT2D eigenvalue weighted by Gasteiger charge is 2.51. The van der Waals surface area contributed by atoms with E-state index in [2.05, 4.69) is 27.4 Å². The average Bonchev–Trinajstić information content (AvgIpc) is 3.74. The van der Waals surface area contributed by atoms with E-state index in [4.69, 9.17) is 21.3 Å². The van der Waals surface area contributed by atoms with E-state index in [1.807, 2.05) is 12.1 Å². The quantitative estimate of drug-likeness (QED) is 0.444. The Hall–Kier alpha value is -3.14. The monoisotopic (exact) mass is 544 g/mol. The maximum Gasteiger partial charge on any atom is 0.301 e. The molecule has 2 N–H and O–H groups in total. The third-order valence-electron chi connectivity index (χ3n) is 7.90. The Morgan fingerprint density at radius 3 is 2.82 bits per heavy atom. The second kappa shape index (κ2) is 9.55. The molecule has 1 saturated heterocycles. The lowest BCUT2D eigenvalue weighted by molar-refractivity contribution is -0.0579. The number of ether oxygens (including phenoxy) is 1. The van der Waals surface area contributed by atoms with Gasteiger partial charge < -0.3 is 24.8 Å². The Balaban J connectivity index is 1.37. The Kier molecular flexibility index (Phi) is 6.32. The van der Waals surface area contributed by atoms with Crippen molar-refractivity contribution >= 4 is 45.6 Å². The molecular formula is C27H31ClF2N6O2. The molecule has 0 bridgehead atoms. The number of aromatic nitrogens is 3. The number of nitrogens with zero attached hydrogens (tertiary/aromatic N) is 4. The number of halogens is 3. The molecule has 2 aromatic heterocycles. The second-order valence-electron chi connectivity index (χ2n) is 10.8. The van der Waals surface area contributed by atoms with Crippen molar-refractivity contribution in [3.05, 3.63) is 39.8 Å². The van der Waals surface area contributed by atoms with Crippen LogP contribution in [-0.2, 0) is 7.05 Å². The van der Waals surface area contributed by atoms with Gasteiger partial charge in [-0.25, -0.2) is 13.8 Å². The van der Waals surface area contributed by atoms with Crippen LogP contribution >= 0.6 is 11.6 Å². The zero-order valence-corrected chi connectivity index (χ0v) is 22.2. The van der Waals surface area contributed by atoms with Gasteiger partial charge in [-0.3, -0.25) is 4.79 Å². The number of alkyl halides is 2. The van der Waals surface area contributed by atoms with Crippen LogP contribution in [0.1, 0.15) is 39.0 Å². The molecule has 1 aromatic carbocycles. The van der Waals surface area contributed by atoms with Crippen LogP contribution in [0.2, 0.25) is 5.02 Å². The van der Waals surface area contributed by atoms with E-state index >= 15 is 0 Å². The summed E-state index contributed by atoms with van der Waals surface area (Å²) in [5, 5.41) is 7.25. The highest BCUT2D eigenvalue weighted by molar-refractivity contribution is 6.32. The number of aryl methyl sites for hydroxylation is 1. The molecule has 0 unspecified atom stereocenters. The molecule has 38 heavy (non-hydrogen) atoms. The van der Waals surface area contributed by atoms with Crippen LogP contribution in [0.5, 0.6) is 5.75 Å². The van der Waals surface area contributed by atoms with E-state index in [0.717, 1.165) is 38.8 Å². The molecule has 4 heterocycles. The first-order valence-electron chi connectivity index (χ1n) is 13.2. The van der Waals surface area contributed by atoms with Crippen molar-refractivity contribution in [2.24, 2.45) is 18.9 Å². The minimum Gasteiger partial charge on any atom is -0.480 e. The largest absolute Gasteiger partial charge is 0.480 e. The number of fused-ring (bicyclic) bond motifs is 3. The van der Waals surface area contributed by atoms with Gasteiger partial charge in [-0.15, -0.1) is 0 Å². The van der Waals surface area contributed by atoms with Crippen LogP contribution in [0.25, 0.3) is 10.9 Å². The summed E-state index contributed by atoms with van der Waals surface area (Å²) in [6.07, 6.45) is 6.39. The van der Waals surface area contributed by atoms with Gasteiger partial charge in [0.05, 0.1) is 23.4 Å². The van der Waals surface area contributed by atoms with Gasteiger partial charge in [-0.05, 0) is 62.1 Å². The standard InChI is InChI=1S/C27H31ClF2N6O2/c1-15-4-3-10-36(11-9-15)26-31-13-19(28)24(34-26)32-17-7-8-20-18(12-17)21-22(25(37)35(20)2)38-14-27(29,30)23(33-21)16-5-6-16/h7-8,12-13,15-16,23,33H,3-6,9-11,14H2,1-2H3,(H,31,32,34)/t15-,23+/m1/s1. The number of hydrogen-bond donors (Lipinski definition) is 2. The summed E-state index contributed by atoms with van der Waals surface area (Å²) in [6.45, 7) is 3.21. The lowest BCUT2D eigenvalue weighted by Crippen LogP contribution is -2.44. The lowest BCUT2D eigenvalue weighted by Gasteiger charge is -2.25. The van der Waals surface area contributed by atoms with Crippen molar-refractivity contribution in [2.75, 3.05) is 35.2 Å². The molecule has 2 atom stereocenters. The normalized spacial score (nSPS) is 23.1. The van der Waals surface area contributed by atoms with Crippen LogP contribution < -0.4 is 25.8 Å². The number of nitrogens with one attached hydrogen (secondary N) is 2. The van der Waals surface area contributed by atoms with Crippen molar-refractivity contribution in [3.63, 3.8) is 0 Å². The number of hydrogen-bond acceptors (Lipinski definition) is 7. The van der Waals surface area contributed by atoms with E-state index in [9.17, 15) is 13.6 Å². The first-order chi connectivity index (χ1) is 18.2. The summed E-state index contributed by atoms with van der Waals surface area (Å²) in [5.74, 6) is -1.59. The van der Waals surface area contributed by atoms with E-state index in [1.165, 1.54) is 11.0 Å². The number of anilines is 4. The summed E-state index contributed by atoms with van der Waals surface area (Å²) >= 11 is 6.47. The van der Waals surface area contributed by atoms with Gasteiger partial charge in [0.15, 0.2) is 12.4 Å². The second-order valence-corrected chi connectivity index (χ2v) is 11.2. The van der Waals surface area contributed by atoms with Gasteiger partial charge in [-0.1, -0.05) is 18.5 Å². The van der Waals surface area contributed by atoms with Gasteiger partial charge >= 0.3 is 5.92 Å². The highest BCUT2D eigenvalue weighted by atomic mass is 35.5. The summed E-state index contributed by atoms with van der Waals surface area (Å²) < 4.78 is 36.7. The predicted molar refractivity (Wildman–Crippen MR) is 145 cm³/mol. The molecule has 3 aromatic rings. The molecule has 2 fully saturated rings. The Bertz CT molecular complexity index is 1440. The van der Waals surface area contributed by atoms with Crippen LogP contribution in [0.15, 0.2) is 29.2 Å². The molecule has 2 aliphatic heterocycles. The average molecular weight is 545 g/mol. The predicted octanol–water partition coefficient (Wildman–Crippen LogP) is 5.57. The van der Waals surface area contributed by atoms with Gasteiger partial charge in [0.1, 0.15) is 5.02 Å². The maximum atomic E-state index is 14.9. The fourth-order valence-electron chi connectivity index (χ4n) is 5.48. The van der Waals surface area contributed by atoms with Crippen LogP contribution in [0, 0.1) is 11.8 Å². The van der Waals surface area contributed by atoms with Crippen molar-refractivity contribution in [3.8, 4) is 5.75 Å². The highest BCUT2D eigenvalue weighted by Crippen LogP contribution is 2.45. The molecular weight excluding hydrogens is 514 g/mol. The van der Waals surface area contributed by atoms with Gasteiger partial charge in [0.25, 0.3) is 5.56 Å². The van der Waals surface area contributed by atoms with E-state index in [0.29, 0.717) is 45.0 Å². The fourth-order valence-corrected chi connectivity index (χ4v) is 5.62. The van der Waals surface area contributed by atoms with Crippen LogP contribution in [0.3, 0.4) is 0 Å². The number of pyridine rings is 1. The Morgan fingerprint density at radius 1 is 1.21 bits per heavy atom. The minimum atomic E-state index is -3.09. The SMILES string of the molecule is C[C@@H]1CCCN(c2ncc(Cl)c(Nc3ccc4c(c3)c3c(c(=O)n4C)OCC(F)(F)[C@H](C4CC4)N3)n2)CC1. The molecule has 1 aliphatic carbocycles. The van der Waals surface area contributed by atoms with Gasteiger partial charge in [0, 0.05) is 31.2 Å². The smallest absolute Gasteiger partial charge is 0.301 e. The molecule has 6 rings (SSSR count). The first-order valence-corrected chi connectivity index (χ1v) is 13.6. The van der Waals surface area contributed by atoms with E-state index in [-0.39, 0.29) is 11.7 Å². The fraction of sp³-hybridized carbons (Fsp3) is 0.519. The molecule has 202 valence electrons. The molecule has 0 radical (unpaired) electrons. The third kappa shape index (κ3) is 4.63. The lowest BCUT2D eigenvalue weighted by atomic mass is 10.0. The zero-order valence-electron chi connectivity index (χ0n) is 21.4. The molecule has 0 spiro atoms. The molecule has 3 aliphatic rings. The topological polar surface area (TPSA) is 84.3 Å². The summed E-state index contributed by atoms with van der Waals surface area (Å²) in [5.41, 5.74) is 1.09. The molecule has 1 saturated carbocycles. The maximum absolute atomic E-state index is 14.9. The van der Waals surface area contributed by atoms with Crippen molar-refractivity contribution in [1.82, 2.24) is 14.5 Å². The molecule has 11 heteroatoms. The minimum absolute atomic E-state index is 0.0854. The van der Waals surface area contributed by atoms with Crippen LogP contribution in [-0.4, -0.2) is 46.2 Å². The Labute approximate surface area is 224 Å². The Morgan fingerprint density at radius 2 is 2.03 bits per heavy atom. The van der Waals surface area contributed by atoms with E-state index in [1.54, 1.807) is 19.3 Å². The first kappa shape index (κ1) is 25.2. The van der Waals surface area contributed by atoms with Gasteiger partial charge in [0.2, 0.25) is 11.7 Å². The number of benzene rings is 1. The van der Waals surface area contributed by atoms with Gasteiger partial charge in [-0.2, -0.15) is 4.98 Å². The van der Waals surface area contributed by atoms with Crippen molar-refractivity contribution in [2.45, 2.75) is 51.0 Å². The van der Waals surface area contributed by atoms with Crippen molar-refractivity contribution in [1.29, 1.82) is 0 Å². The van der Waals surface area contributed by atoms with Crippen molar-refractivity contribution < 1.29 is 13.5 Å².